The average Bonchev–Trinajstić information content (AvgIpc) is 3.32. The van der Waals surface area contributed by atoms with Crippen molar-refractivity contribution in [1.82, 2.24) is 19.5 Å². The zero-order valence-electron chi connectivity index (χ0n) is 19.3. The van der Waals surface area contributed by atoms with Crippen molar-refractivity contribution in [2.75, 3.05) is 18.1 Å². The van der Waals surface area contributed by atoms with Crippen LogP contribution in [0.2, 0.25) is 23.4 Å². The molecule has 4 rings (SSSR count). The maximum absolute atomic E-state index is 6.53. The Labute approximate surface area is 190 Å². The van der Waals surface area contributed by atoms with Gasteiger partial charge in [0.2, 0.25) is 5.28 Å². The lowest BCUT2D eigenvalue weighted by Crippen LogP contribution is -2.42. The number of halogens is 1. The monoisotopic (exact) mass is 457 g/mol. The van der Waals surface area contributed by atoms with Gasteiger partial charge in [0.25, 0.3) is 0 Å². The minimum Gasteiger partial charge on any atom is -0.415 e. The molecule has 0 spiro atoms. The van der Waals surface area contributed by atoms with Crippen LogP contribution in [0.4, 0.5) is 11.5 Å². The molecule has 8 heteroatoms. The highest BCUT2D eigenvalue weighted by atomic mass is 35.5. The van der Waals surface area contributed by atoms with Crippen molar-refractivity contribution < 1.29 is 4.43 Å². The minimum absolute atomic E-state index is 0.142. The van der Waals surface area contributed by atoms with Gasteiger partial charge in [-0.3, -0.25) is 0 Å². The predicted octanol–water partition coefficient (Wildman–Crippen LogP) is 6.15. The molecule has 1 unspecified atom stereocenters. The summed E-state index contributed by atoms with van der Waals surface area (Å²) < 4.78 is 8.64. The second-order valence-corrected chi connectivity index (χ2v) is 15.0. The Morgan fingerprint density at radius 1 is 1.19 bits per heavy atom. The van der Waals surface area contributed by atoms with E-state index in [1.807, 2.05) is 6.33 Å². The zero-order chi connectivity index (χ0) is 22.4. The fourth-order valence-corrected chi connectivity index (χ4v) is 5.01. The Morgan fingerprint density at radius 3 is 2.65 bits per heavy atom. The van der Waals surface area contributed by atoms with E-state index in [0.717, 1.165) is 36.4 Å². The highest BCUT2D eigenvalue weighted by molar-refractivity contribution is 6.74. The molecule has 2 aromatic heterocycles. The number of benzene rings is 1. The number of anilines is 2. The van der Waals surface area contributed by atoms with Crippen LogP contribution in [0.15, 0.2) is 30.6 Å². The van der Waals surface area contributed by atoms with Crippen molar-refractivity contribution in [3.05, 3.63) is 41.4 Å². The van der Waals surface area contributed by atoms with E-state index in [2.05, 4.69) is 84.5 Å². The van der Waals surface area contributed by atoms with Gasteiger partial charge in [0.15, 0.2) is 25.3 Å². The van der Waals surface area contributed by atoms with Crippen LogP contribution in [0.3, 0.4) is 0 Å². The molecule has 0 fully saturated rings. The maximum Gasteiger partial charge on any atom is 0.226 e. The first-order chi connectivity index (χ1) is 14.6. The fraction of sp³-hybridized carbons (Fsp3) is 0.522. The molecule has 0 bridgehead atoms. The molecule has 166 valence electrons. The van der Waals surface area contributed by atoms with Crippen molar-refractivity contribution in [3.8, 4) is 0 Å². The summed E-state index contributed by atoms with van der Waals surface area (Å²) >= 11 is 6.40. The van der Waals surface area contributed by atoms with Gasteiger partial charge in [-0.25, -0.2) is 4.98 Å². The molecule has 0 radical (unpaired) electrons. The number of hydrogen-bond donors (Lipinski definition) is 0. The summed E-state index contributed by atoms with van der Waals surface area (Å²) in [4.78, 5) is 16.1. The molecule has 0 N–H and O–H groups in total. The summed E-state index contributed by atoms with van der Waals surface area (Å²) in [7, 11) is -1.85. The summed E-state index contributed by atoms with van der Waals surface area (Å²) in [5.41, 5.74) is 4.04. The zero-order valence-corrected chi connectivity index (χ0v) is 21.1. The molecule has 1 aliphatic rings. The number of rotatable bonds is 6. The molecule has 0 aliphatic carbocycles. The van der Waals surface area contributed by atoms with Crippen LogP contribution in [0.1, 0.15) is 45.7 Å². The normalized spacial score (nSPS) is 15.5. The molecule has 1 atom stereocenters. The van der Waals surface area contributed by atoms with Crippen molar-refractivity contribution >= 4 is 42.6 Å². The average molecular weight is 458 g/mol. The van der Waals surface area contributed by atoms with Gasteiger partial charge in [0.1, 0.15) is 0 Å². The Hall–Kier alpha value is -1.96. The van der Waals surface area contributed by atoms with E-state index >= 15 is 0 Å². The summed E-state index contributed by atoms with van der Waals surface area (Å²) in [6, 6.07) is 8.57. The van der Waals surface area contributed by atoms with Crippen LogP contribution in [0.25, 0.3) is 11.2 Å². The van der Waals surface area contributed by atoms with Gasteiger partial charge < -0.3 is 13.9 Å². The van der Waals surface area contributed by atoms with Gasteiger partial charge in [-0.05, 0) is 54.2 Å². The van der Waals surface area contributed by atoms with Crippen molar-refractivity contribution in [3.63, 3.8) is 0 Å². The number of hydrogen-bond acceptors (Lipinski definition) is 5. The van der Waals surface area contributed by atoms with Gasteiger partial charge in [-0.15, -0.1) is 0 Å². The Balaban J connectivity index is 1.69. The summed E-state index contributed by atoms with van der Waals surface area (Å²) in [5.74, 6) is 0.777. The van der Waals surface area contributed by atoms with E-state index in [0.29, 0.717) is 6.61 Å². The highest BCUT2D eigenvalue weighted by Crippen LogP contribution is 2.39. The van der Waals surface area contributed by atoms with E-state index in [-0.39, 0.29) is 16.4 Å². The third-order valence-electron chi connectivity index (χ3n) is 6.83. The Bertz CT molecular complexity index is 1090. The summed E-state index contributed by atoms with van der Waals surface area (Å²) in [5, 5.41) is 0.415. The van der Waals surface area contributed by atoms with E-state index in [1.165, 1.54) is 11.3 Å². The minimum atomic E-state index is -1.85. The SMILES string of the molecule is CCC(CO[Si](C)(C)C(C)(C)C)n1cnc2c(N3CCc4ccccc43)nc(Cl)nc21. The van der Waals surface area contributed by atoms with Crippen molar-refractivity contribution in [1.29, 1.82) is 0 Å². The largest absolute Gasteiger partial charge is 0.415 e. The molecule has 6 nitrogen and oxygen atoms in total. The standard InChI is InChI=1S/C23H32ClN5OSi/c1-7-17(14-30-31(5,6)23(2,3)4)29-15-25-19-20(26-22(24)27-21(19)29)28-13-12-16-10-8-9-11-18(16)28/h8-11,15,17H,7,12-14H2,1-6H3. The molecule has 3 aromatic rings. The van der Waals surface area contributed by atoms with Gasteiger partial charge in [-0.2, -0.15) is 9.97 Å². The summed E-state index contributed by atoms with van der Waals surface area (Å²) in [6.45, 7) is 15.0. The van der Waals surface area contributed by atoms with Crippen LogP contribution in [-0.4, -0.2) is 41.0 Å². The molecule has 31 heavy (non-hydrogen) atoms. The van der Waals surface area contributed by atoms with E-state index in [9.17, 15) is 0 Å². The number of imidazole rings is 1. The molecular formula is C23H32ClN5OSi. The van der Waals surface area contributed by atoms with Crippen molar-refractivity contribution in [2.24, 2.45) is 0 Å². The number of nitrogens with zero attached hydrogens (tertiary/aromatic N) is 5. The first-order valence-electron chi connectivity index (χ1n) is 11.0. The number of para-hydroxylation sites is 1. The molecule has 1 aliphatic heterocycles. The van der Waals surface area contributed by atoms with Crippen LogP contribution >= 0.6 is 11.6 Å². The van der Waals surface area contributed by atoms with E-state index in [1.54, 1.807) is 0 Å². The van der Waals surface area contributed by atoms with Crippen LogP contribution in [0, 0.1) is 0 Å². The Morgan fingerprint density at radius 2 is 1.94 bits per heavy atom. The number of aromatic nitrogens is 4. The highest BCUT2D eigenvalue weighted by Gasteiger charge is 2.37. The molecular weight excluding hydrogens is 426 g/mol. The first kappa shape index (κ1) is 22.2. The number of fused-ring (bicyclic) bond motifs is 2. The van der Waals surface area contributed by atoms with Gasteiger partial charge in [-0.1, -0.05) is 45.9 Å². The van der Waals surface area contributed by atoms with E-state index < -0.39 is 8.32 Å². The molecule has 0 saturated carbocycles. The second kappa shape index (κ2) is 8.19. The quantitative estimate of drug-likeness (QED) is 0.328. The first-order valence-corrected chi connectivity index (χ1v) is 14.3. The molecule has 1 aromatic carbocycles. The smallest absolute Gasteiger partial charge is 0.226 e. The Kier molecular flexibility index (Phi) is 5.87. The van der Waals surface area contributed by atoms with Crippen molar-refractivity contribution in [2.45, 2.75) is 64.7 Å². The molecule has 0 saturated heterocycles. The van der Waals surface area contributed by atoms with Gasteiger partial charge in [0.05, 0.1) is 19.0 Å². The van der Waals surface area contributed by atoms with Crippen LogP contribution in [0.5, 0.6) is 0 Å². The third kappa shape index (κ3) is 4.11. The van der Waals surface area contributed by atoms with Gasteiger partial charge in [0, 0.05) is 12.2 Å². The lowest BCUT2D eigenvalue weighted by atomic mass is 10.2. The predicted molar refractivity (Wildman–Crippen MR) is 130 cm³/mol. The topological polar surface area (TPSA) is 56.1 Å². The van der Waals surface area contributed by atoms with Crippen LogP contribution in [-0.2, 0) is 10.8 Å². The lowest BCUT2D eigenvalue weighted by Gasteiger charge is -2.37. The second-order valence-electron chi connectivity index (χ2n) is 9.80. The third-order valence-corrected chi connectivity index (χ3v) is 11.5. The van der Waals surface area contributed by atoms with Crippen LogP contribution < -0.4 is 4.90 Å². The fourth-order valence-electron chi connectivity index (χ4n) is 3.81. The van der Waals surface area contributed by atoms with E-state index in [4.69, 9.17) is 21.0 Å². The maximum atomic E-state index is 6.53. The summed E-state index contributed by atoms with van der Waals surface area (Å²) in [6.07, 6.45) is 3.77. The van der Waals surface area contributed by atoms with Gasteiger partial charge >= 0.3 is 0 Å². The molecule has 0 amide bonds. The lowest BCUT2D eigenvalue weighted by molar-refractivity contribution is 0.227. The molecule has 3 heterocycles.